The van der Waals surface area contributed by atoms with E-state index in [2.05, 4.69) is 10.3 Å². The van der Waals surface area contributed by atoms with Crippen LogP contribution in [-0.2, 0) is 4.79 Å². The fourth-order valence-corrected chi connectivity index (χ4v) is 0.715. The highest BCUT2D eigenvalue weighted by Gasteiger charge is 2.23. The van der Waals surface area contributed by atoms with Gasteiger partial charge >= 0.3 is 12.0 Å². The molecular formula is C9H12N2O4. The summed E-state index contributed by atoms with van der Waals surface area (Å²) in [6.07, 6.45) is 1.04. The Kier molecular flexibility index (Phi) is 2.78. The molecular weight excluding hydrogens is 200 g/mol. The molecule has 1 rings (SSSR count). The highest BCUT2D eigenvalue weighted by molar-refractivity contribution is 5.93. The number of amides is 1. The van der Waals surface area contributed by atoms with Crippen LogP contribution >= 0.6 is 0 Å². The van der Waals surface area contributed by atoms with Crippen LogP contribution in [0.25, 0.3) is 0 Å². The van der Waals surface area contributed by atoms with Gasteiger partial charge in [0.05, 0.1) is 6.20 Å². The number of aromatic nitrogens is 1. The lowest BCUT2D eigenvalue weighted by Gasteiger charge is -2.15. The third-order valence-electron chi connectivity index (χ3n) is 1.62. The van der Waals surface area contributed by atoms with Crippen LogP contribution in [0, 0.1) is 5.41 Å². The monoisotopic (exact) mass is 212 g/mol. The molecule has 0 bridgehead atoms. The van der Waals surface area contributed by atoms with Crippen molar-refractivity contribution in [1.82, 2.24) is 4.98 Å². The minimum Gasteiger partial charge on any atom is -0.475 e. The first-order chi connectivity index (χ1) is 6.80. The third kappa shape index (κ3) is 2.80. The molecule has 82 valence electrons. The summed E-state index contributed by atoms with van der Waals surface area (Å²) in [6, 6.07) is -0.104. The van der Waals surface area contributed by atoms with Crippen molar-refractivity contribution >= 4 is 17.9 Å². The maximum atomic E-state index is 11.5. The first-order valence-corrected chi connectivity index (χ1v) is 4.31. The van der Waals surface area contributed by atoms with Gasteiger partial charge in [-0.2, -0.15) is 0 Å². The molecule has 1 amide bonds. The Hall–Kier alpha value is -1.85. The molecule has 15 heavy (non-hydrogen) atoms. The van der Waals surface area contributed by atoms with Gasteiger partial charge in [0.2, 0.25) is 11.7 Å². The summed E-state index contributed by atoms with van der Waals surface area (Å²) in [5.41, 5.74) is -0.585. The lowest BCUT2D eigenvalue weighted by Crippen LogP contribution is -2.27. The van der Waals surface area contributed by atoms with Crippen LogP contribution in [0.2, 0.25) is 0 Å². The van der Waals surface area contributed by atoms with Crippen LogP contribution in [0.3, 0.4) is 0 Å². The maximum absolute atomic E-state index is 11.5. The first kappa shape index (κ1) is 11.2. The van der Waals surface area contributed by atoms with Gasteiger partial charge in [0.15, 0.2) is 0 Å². The van der Waals surface area contributed by atoms with Crippen LogP contribution in [-0.4, -0.2) is 22.0 Å². The van der Waals surface area contributed by atoms with E-state index < -0.39 is 11.4 Å². The minimum absolute atomic E-state index is 0.104. The summed E-state index contributed by atoms with van der Waals surface area (Å²) in [7, 11) is 0. The number of carboxylic acid groups (broad SMARTS) is 1. The van der Waals surface area contributed by atoms with E-state index in [1.165, 1.54) is 0 Å². The van der Waals surface area contributed by atoms with Crippen molar-refractivity contribution in [3.05, 3.63) is 12.0 Å². The number of hydrogen-bond acceptors (Lipinski definition) is 4. The van der Waals surface area contributed by atoms with Crippen LogP contribution in [0.15, 0.2) is 10.6 Å². The predicted molar refractivity (Wildman–Crippen MR) is 51.5 cm³/mol. The van der Waals surface area contributed by atoms with E-state index in [0.717, 1.165) is 6.20 Å². The van der Waals surface area contributed by atoms with Gasteiger partial charge in [0, 0.05) is 5.41 Å². The third-order valence-corrected chi connectivity index (χ3v) is 1.62. The Morgan fingerprint density at radius 3 is 2.47 bits per heavy atom. The lowest BCUT2D eigenvalue weighted by atomic mass is 9.96. The van der Waals surface area contributed by atoms with Crippen molar-refractivity contribution in [2.75, 3.05) is 5.32 Å². The van der Waals surface area contributed by atoms with Gasteiger partial charge < -0.3 is 9.52 Å². The van der Waals surface area contributed by atoms with Crippen molar-refractivity contribution < 1.29 is 19.1 Å². The number of nitrogens with one attached hydrogen (secondary N) is 1. The number of nitrogens with zero attached hydrogens (tertiary/aromatic N) is 1. The van der Waals surface area contributed by atoms with Gasteiger partial charge in [-0.15, -0.1) is 0 Å². The SMILES string of the molecule is CC(C)(C)C(=O)Nc1ncc(C(=O)O)o1. The average molecular weight is 212 g/mol. The van der Waals surface area contributed by atoms with Gasteiger partial charge in [0.25, 0.3) is 0 Å². The maximum Gasteiger partial charge on any atom is 0.373 e. The summed E-state index contributed by atoms with van der Waals surface area (Å²) < 4.78 is 4.77. The van der Waals surface area contributed by atoms with Crippen molar-refractivity contribution in [3.8, 4) is 0 Å². The smallest absolute Gasteiger partial charge is 0.373 e. The molecule has 0 aliphatic heterocycles. The zero-order chi connectivity index (χ0) is 11.6. The fourth-order valence-electron chi connectivity index (χ4n) is 0.715. The summed E-state index contributed by atoms with van der Waals surface area (Å²) >= 11 is 0. The van der Waals surface area contributed by atoms with Gasteiger partial charge in [-0.25, -0.2) is 9.78 Å². The second-order valence-electron chi connectivity index (χ2n) is 4.04. The van der Waals surface area contributed by atoms with Crippen molar-refractivity contribution in [1.29, 1.82) is 0 Å². The molecule has 0 unspecified atom stereocenters. The van der Waals surface area contributed by atoms with E-state index in [1.54, 1.807) is 20.8 Å². The average Bonchev–Trinajstić information content (AvgIpc) is 2.50. The Bertz CT molecular complexity index is 389. The lowest BCUT2D eigenvalue weighted by molar-refractivity contribution is -0.123. The Balaban J connectivity index is 2.74. The van der Waals surface area contributed by atoms with E-state index in [-0.39, 0.29) is 17.7 Å². The van der Waals surface area contributed by atoms with E-state index in [0.29, 0.717) is 0 Å². The quantitative estimate of drug-likeness (QED) is 0.772. The van der Waals surface area contributed by atoms with Crippen molar-refractivity contribution in [2.24, 2.45) is 5.41 Å². The highest BCUT2D eigenvalue weighted by atomic mass is 16.4. The van der Waals surface area contributed by atoms with Crippen LogP contribution in [0.5, 0.6) is 0 Å². The number of oxazole rings is 1. The second-order valence-corrected chi connectivity index (χ2v) is 4.04. The molecule has 0 atom stereocenters. The number of anilines is 1. The van der Waals surface area contributed by atoms with Crippen LogP contribution in [0.1, 0.15) is 31.3 Å². The van der Waals surface area contributed by atoms with Gasteiger partial charge in [-0.3, -0.25) is 10.1 Å². The normalized spacial score (nSPS) is 11.1. The number of carbonyl (C=O) groups excluding carboxylic acids is 1. The Morgan fingerprint density at radius 1 is 1.47 bits per heavy atom. The number of rotatable bonds is 2. The van der Waals surface area contributed by atoms with Gasteiger partial charge in [0.1, 0.15) is 0 Å². The zero-order valence-electron chi connectivity index (χ0n) is 8.70. The predicted octanol–water partition coefficient (Wildman–Crippen LogP) is 1.36. The molecule has 0 aromatic carbocycles. The molecule has 0 spiro atoms. The van der Waals surface area contributed by atoms with Crippen LogP contribution in [0.4, 0.5) is 6.01 Å². The molecule has 0 saturated heterocycles. The molecule has 0 radical (unpaired) electrons. The van der Waals surface area contributed by atoms with Gasteiger partial charge in [-0.05, 0) is 0 Å². The molecule has 1 heterocycles. The second kappa shape index (κ2) is 3.72. The largest absolute Gasteiger partial charge is 0.475 e. The van der Waals surface area contributed by atoms with Crippen LogP contribution < -0.4 is 5.32 Å². The Morgan fingerprint density at radius 2 is 2.07 bits per heavy atom. The summed E-state index contributed by atoms with van der Waals surface area (Å²) in [6.45, 7) is 5.18. The molecule has 0 saturated carbocycles. The molecule has 0 aliphatic rings. The zero-order valence-corrected chi connectivity index (χ0v) is 8.70. The molecule has 0 fully saturated rings. The summed E-state index contributed by atoms with van der Waals surface area (Å²) in [5, 5.41) is 10.9. The van der Waals surface area contributed by atoms with Crippen molar-refractivity contribution in [2.45, 2.75) is 20.8 Å². The standard InChI is InChI=1S/C9H12N2O4/c1-9(2,3)7(14)11-8-10-4-5(15-8)6(12)13/h4H,1-3H3,(H,12,13)(H,10,11,14). The molecule has 1 aromatic rings. The topological polar surface area (TPSA) is 92.4 Å². The van der Waals surface area contributed by atoms with Gasteiger partial charge in [-0.1, -0.05) is 20.8 Å². The molecule has 6 nitrogen and oxygen atoms in total. The summed E-state index contributed by atoms with van der Waals surface area (Å²) in [4.78, 5) is 25.5. The van der Waals surface area contributed by atoms with E-state index in [4.69, 9.17) is 9.52 Å². The number of hydrogen-bond donors (Lipinski definition) is 2. The number of aromatic carboxylic acids is 1. The number of carboxylic acids is 1. The highest BCUT2D eigenvalue weighted by Crippen LogP contribution is 2.17. The summed E-state index contributed by atoms with van der Waals surface area (Å²) in [5.74, 6) is -1.82. The number of carbonyl (C=O) groups is 2. The van der Waals surface area contributed by atoms with E-state index >= 15 is 0 Å². The first-order valence-electron chi connectivity index (χ1n) is 4.31. The van der Waals surface area contributed by atoms with E-state index in [1.807, 2.05) is 0 Å². The molecule has 0 aliphatic carbocycles. The minimum atomic E-state index is -1.22. The Labute approximate surface area is 86.3 Å². The van der Waals surface area contributed by atoms with Crippen molar-refractivity contribution in [3.63, 3.8) is 0 Å². The fraction of sp³-hybridized carbons (Fsp3) is 0.444. The molecule has 1 aromatic heterocycles. The molecule has 6 heteroatoms. The van der Waals surface area contributed by atoms with E-state index in [9.17, 15) is 9.59 Å². The molecule has 2 N–H and O–H groups in total.